The summed E-state index contributed by atoms with van der Waals surface area (Å²) in [4.78, 5) is 17.1. The number of carbonyl (C=O) groups is 1. The van der Waals surface area contributed by atoms with Crippen molar-refractivity contribution in [2.75, 3.05) is 0 Å². The number of nitrogens with one attached hydrogen (secondary N) is 1. The fourth-order valence-electron chi connectivity index (χ4n) is 2.95. The van der Waals surface area contributed by atoms with Crippen LogP contribution in [-0.2, 0) is 6.54 Å². The minimum Gasteiger partial charge on any atom is -0.345 e. The lowest BCUT2D eigenvalue weighted by Crippen LogP contribution is -2.27. The molecule has 0 unspecified atom stereocenters. The third kappa shape index (κ3) is 2.66. The van der Waals surface area contributed by atoms with E-state index in [1.807, 2.05) is 38.6 Å². The zero-order chi connectivity index (χ0) is 17.4. The highest BCUT2D eigenvalue weighted by Gasteiger charge is 2.21. The fourth-order valence-corrected chi connectivity index (χ4v) is 2.95. The van der Waals surface area contributed by atoms with Gasteiger partial charge in [-0.2, -0.15) is 5.10 Å². The first kappa shape index (κ1) is 16.2. The molecule has 3 aromatic heterocycles. The summed E-state index contributed by atoms with van der Waals surface area (Å²) < 4.78 is 7.11. The van der Waals surface area contributed by atoms with Crippen LogP contribution in [-0.4, -0.2) is 25.8 Å². The number of aryl methyl sites for hydroxylation is 3. The molecular weight excluding hydrogens is 306 g/mol. The van der Waals surface area contributed by atoms with E-state index in [9.17, 15) is 4.79 Å². The van der Waals surface area contributed by atoms with Crippen molar-refractivity contribution in [1.29, 1.82) is 0 Å². The Labute approximate surface area is 140 Å². The van der Waals surface area contributed by atoms with Crippen molar-refractivity contribution in [2.24, 2.45) is 0 Å². The first-order valence-electron chi connectivity index (χ1n) is 7.99. The second-order valence-electron chi connectivity index (χ2n) is 5.96. The van der Waals surface area contributed by atoms with E-state index in [4.69, 9.17) is 4.52 Å². The van der Waals surface area contributed by atoms with Crippen molar-refractivity contribution in [3.05, 3.63) is 40.5 Å². The smallest absolute Gasteiger partial charge is 0.258 e. The summed E-state index contributed by atoms with van der Waals surface area (Å²) in [6.45, 7) is 10.4. The highest BCUT2D eigenvalue weighted by molar-refractivity contribution is 6.06. The number of pyridine rings is 1. The molecule has 0 aromatic carbocycles. The molecule has 3 rings (SSSR count). The summed E-state index contributed by atoms with van der Waals surface area (Å²) in [6, 6.07) is 1.61. The second-order valence-corrected chi connectivity index (χ2v) is 5.96. The SMILES string of the molecule is CCn1ncc([C@H](C)NC(=O)c2cc(C)nc3onc(C)c23)c1C. The van der Waals surface area contributed by atoms with E-state index in [0.717, 1.165) is 17.8 Å². The topological polar surface area (TPSA) is 85.8 Å². The van der Waals surface area contributed by atoms with Crippen LogP contribution in [0.5, 0.6) is 0 Å². The molecule has 1 atom stereocenters. The normalized spacial score (nSPS) is 12.5. The molecule has 0 aliphatic carbocycles. The van der Waals surface area contributed by atoms with Crippen LogP contribution < -0.4 is 5.32 Å². The summed E-state index contributed by atoms with van der Waals surface area (Å²) in [5.41, 5.74) is 4.36. The largest absolute Gasteiger partial charge is 0.345 e. The Morgan fingerprint density at radius 1 is 1.38 bits per heavy atom. The van der Waals surface area contributed by atoms with Gasteiger partial charge in [-0.15, -0.1) is 0 Å². The molecule has 0 aliphatic rings. The molecule has 3 aromatic rings. The number of hydrogen-bond acceptors (Lipinski definition) is 5. The number of amides is 1. The average Bonchev–Trinajstić information content (AvgIpc) is 3.09. The maximum absolute atomic E-state index is 12.8. The van der Waals surface area contributed by atoms with Crippen molar-refractivity contribution < 1.29 is 9.32 Å². The van der Waals surface area contributed by atoms with Gasteiger partial charge in [-0.3, -0.25) is 9.48 Å². The predicted molar refractivity (Wildman–Crippen MR) is 89.8 cm³/mol. The van der Waals surface area contributed by atoms with Gasteiger partial charge in [-0.25, -0.2) is 4.98 Å². The Morgan fingerprint density at radius 3 is 2.79 bits per heavy atom. The molecule has 126 valence electrons. The molecule has 0 radical (unpaired) electrons. The average molecular weight is 327 g/mol. The number of nitrogens with zero attached hydrogens (tertiary/aromatic N) is 4. The van der Waals surface area contributed by atoms with Crippen molar-refractivity contribution in [3.8, 4) is 0 Å². The van der Waals surface area contributed by atoms with Crippen LogP contribution in [0, 0.1) is 20.8 Å². The molecule has 0 saturated carbocycles. The van der Waals surface area contributed by atoms with E-state index >= 15 is 0 Å². The van der Waals surface area contributed by atoms with E-state index in [1.165, 1.54) is 0 Å². The van der Waals surface area contributed by atoms with Crippen LogP contribution in [0.15, 0.2) is 16.8 Å². The van der Waals surface area contributed by atoms with Gasteiger partial charge in [-0.1, -0.05) is 5.16 Å². The monoisotopic (exact) mass is 327 g/mol. The first-order chi connectivity index (χ1) is 11.4. The van der Waals surface area contributed by atoms with Crippen LogP contribution in [0.1, 0.15) is 52.9 Å². The molecule has 1 N–H and O–H groups in total. The van der Waals surface area contributed by atoms with Crippen LogP contribution in [0.4, 0.5) is 0 Å². The van der Waals surface area contributed by atoms with Crippen molar-refractivity contribution in [1.82, 2.24) is 25.2 Å². The van der Waals surface area contributed by atoms with Gasteiger partial charge in [-0.05, 0) is 40.7 Å². The fraction of sp³-hybridized carbons (Fsp3) is 0.412. The van der Waals surface area contributed by atoms with E-state index in [1.54, 1.807) is 13.0 Å². The molecule has 0 spiro atoms. The zero-order valence-electron chi connectivity index (χ0n) is 14.5. The Kier molecular flexibility index (Phi) is 4.09. The molecule has 3 heterocycles. The van der Waals surface area contributed by atoms with Gasteiger partial charge in [0.05, 0.1) is 28.9 Å². The zero-order valence-corrected chi connectivity index (χ0v) is 14.5. The standard InChI is InChI=1S/C17H21N5O2/c1-6-22-12(5)14(8-18-22)10(3)20-16(23)13-7-9(2)19-17-15(13)11(4)21-24-17/h7-8,10H,6H2,1-5H3,(H,20,23)/t10-/m0/s1. The van der Waals surface area contributed by atoms with Gasteiger partial charge in [0.15, 0.2) is 0 Å². The van der Waals surface area contributed by atoms with E-state index in [-0.39, 0.29) is 11.9 Å². The number of hydrogen-bond donors (Lipinski definition) is 1. The molecule has 0 fully saturated rings. The van der Waals surface area contributed by atoms with E-state index < -0.39 is 0 Å². The summed E-state index contributed by atoms with van der Waals surface area (Å²) in [5, 5.41) is 11.9. The van der Waals surface area contributed by atoms with Crippen molar-refractivity contribution in [2.45, 2.75) is 47.2 Å². The summed E-state index contributed by atoms with van der Waals surface area (Å²) in [7, 11) is 0. The highest BCUT2D eigenvalue weighted by atomic mass is 16.5. The number of rotatable bonds is 4. The third-order valence-electron chi connectivity index (χ3n) is 4.24. The maximum Gasteiger partial charge on any atom is 0.258 e. The molecule has 0 saturated heterocycles. The molecule has 0 bridgehead atoms. The lowest BCUT2D eigenvalue weighted by atomic mass is 10.1. The first-order valence-corrected chi connectivity index (χ1v) is 7.99. The maximum atomic E-state index is 12.8. The highest BCUT2D eigenvalue weighted by Crippen LogP contribution is 2.23. The van der Waals surface area contributed by atoms with Crippen LogP contribution in [0.25, 0.3) is 11.1 Å². The van der Waals surface area contributed by atoms with Crippen LogP contribution >= 0.6 is 0 Å². The van der Waals surface area contributed by atoms with E-state index in [2.05, 4.69) is 20.6 Å². The van der Waals surface area contributed by atoms with E-state index in [0.29, 0.717) is 28.1 Å². The van der Waals surface area contributed by atoms with Crippen LogP contribution in [0.2, 0.25) is 0 Å². The Balaban J connectivity index is 1.92. The van der Waals surface area contributed by atoms with Gasteiger partial charge in [0, 0.05) is 23.5 Å². The Bertz CT molecular complexity index is 909. The lowest BCUT2D eigenvalue weighted by Gasteiger charge is -2.14. The minimum absolute atomic E-state index is 0.151. The molecule has 7 heteroatoms. The third-order valence-corrected chi connectivity index (χ3v) is 4.24. The quantitative estimate of drug-likeness (QED) is 0.796. The predicted octanol–water partition coefficient (Wildman–Crippen LogP) is 2.86. The van der Waals surface area contributed by atoms with Crippen molar-refractivity contribution >= 4 is 17.0 Å². The van der Waals surface area contributed by atoms with Crippen molar-refractivity contribution in [3.63, 3.8) is 0 Å². The summed E-state index contributed by atoms with van der Waals surface area (Å²) in [6.07, 6.45) is 1.81. The Morgan fingerprint density at radius 2 is 2.12 bits per heavy atom. The van der Waals surface area contributed by atoms with Gasteiger partial charge in [0.25, 0.3) is 11.6 Å². The Hall–Kier alpha value is -2.70. The number of aromatic nitrogens is 4. The van der Waals surface area contributed by atoms with Gasteiger partial charge in [0.1, 0.15) is 0 Å². The van der Waals surface area contributed by atoms with Gasteiger partial charge >= 0.3 is 0 Å². The molecule has 24 heavy (non-hydrogen) atoms. The number of fused-ring (bicyclic) bond motifs is 1. The number of carbonyl (C=O) groups excluding carboxylic acids is 1. The lowest BCUT2D eigenvalue weighted by molar-refractivity contribution is 0.0941. The molecule has 0 aliphatic heterocycles. The van der Waals surface area contributed by atoms with Crippen LogP contribution in [0.3, 0.4) is 0 Å². The van der Waals surface area contributed by atoms with Gasteiger partial charge < -0.3 is 9.84 Å². The molecule has 1 amide bonds. The summed E-state index contributed by atoms with van der Waals surface area (Å²) >= 11 is 0. The van der Waals surface area contributed by atoms with Gasteiger partial charge in [0.2, 0.25) is 0 Å². The minimum atomic E-state index is -0.173. The summed E-state index contributed by atoms with van der Waals surface area (Å²) in [5.74, 6) is -0.173. The molecular formula is C17H21N5O2. The molecule has 7 nitrogen and oxygen atoms in total. The second kappa shape index (κ2) is 6.07.